The highest BCUT2D eigenvalue weighted by Crippen LogP contribution is 2.31. The Morgan fingerprint density at radius 3 is 2.80 bits per heavy atom. The van der Waals surface area contributed by atoms with Crippen LogP contribution < -0.4 is 4.74 Å². The van der Waals surface area contributed by atoms with Crippen molar-refractivity contribution in [1.29, 1.82) is 0 Å². The van der Waals surface area contributed by atoms with Crippen molar-refractivity contribution in [3.05, 3.63) is 27.9 Å². The SMILES string of the molecule is COc1cc(Br)c2[nH]c(C)c(C=O)c2c1. The number of hydrogen-bond acceptors (Lipinski definition) is 2. The number of H-pyrrole nitrogens is 1. The van der Waals surface area contributed by atoms with Crippen LogP contribution in [0.4, 0.5) is 0 Å². The molecule has 1 heterocycles. The number of methoxy groups -OCH3 is 1. The van der Waals surface area contributed by atoms with Crippen molar-refractivity contribution in [2.24, 2.45) is 0 Å². The van der Waals surface area contributed by atoms with Crippen molar-refractivity contribution in [1.82, 2.24) is 4.98 Å². The number of aromatic nitrogens is 1. The van der Waals surface area contributed by atoms with E-state index in [-0.39, 0.29) is 0 Å². The van der Waals surface area contributed by atoms with Gasteiger partial charge in [0.25, 0.3) is 0 Å². The number of aromatic amines is 1. The predicted molar refractivity (Wildman–Crippen MR) is 62.7 cm³/mol. The summed E-state index contributed by atoms with van der Waals surface area (Å²) in [5.41, 5.74) is 2.48. The standard InChI is InChI=1S/C11H10BrNO2/c1-6-9(5-14)8-3-7(15-2)4-10(12)11(8)13-6/h3-5,13H,1-2H3. The van der Waals surface area contributed by atoms with E-state index >= 15 is 0 Å². The first-order valence-corrected chi connectivity index (χ1v) is 5.27. The zero-order chi connectivity index (χ0) is 11.0. The number of aryl methyl sites for hydroxylation is 1. The molecule has 0 radical (unpaired) electrons. The average molecular weight is 268 g/mol. The lowest BCUT2D eigenvalue weighted by Crippen LogP contribution is -1.84. The van der Waals surface area contributed by atoms with Gasteiger partial charge < -0.3 is 9.72 Å². The molecule has 1 N–H and O–H groups in total. The molecule has 1 aromatic heterocycles. The van der Waals surface area contributed by atoms with Gasteiger partial charge in [-0.3, -0.25) is 4.79 Å². The summed E-state index contributed by atoms with van der Waals surface area (Å²) in [4.78, 5) is 14.1. The van der Waals surface area contributed by atoms with Crippen LogP contribution in [0.25, 0.3) is 10.9 Å². The van der Waals surface area contributed by atoms with E-state index in [1.165, 1.54) is 0 Å². The fourth-order valence-electron chi connectivity index (χ4n) is 1.65. The number of halogens is 1. The molecule has 0 saturated heterocycles. The second-order valence-electron chi connectivity index (χ2n) is 3.31. The molecule has 0 fully saturated rings. The molecule has 1 aromatic carbocycles. The van der Waals surface area contributed by atoms with Crippen LogP contribution in [-0.4, -0.2) is 18.4 Å². The maximum Gasteiger partial charge on any atom is 0.152 e. The van der Waals surface area contributed by atoms with Gasteiger partial charge in [0, 0.05) is 21.1 Å². The summed E-state index contributed by atoms with van der Waals surface area (Å²) in [7, 11) is 1.60. The number of nitrogens with one attached hydrogen (secondary N) is 1. The van der Waals surface area contributed by atoms with Gasteiger partial charge in [-0.1, -0.05) is 0 Å². The van der Waals surface area contributed by atoms with Crippen LogP contribution in [0.2, 0.25) is 0 Å². The summed E-state index contributed by atoms with van der Waals surface area (Å²) in [5, 5.41) is 0.883. The Labute approximate surface area is 95.6 Å². The van der Waals surface area contributed by atoms with Gasteiger partial charge in [0.2, 0.25) is 0 Å². The second kappa shape index (κ2) is 3.70. The zero-order valence-corrected chi connectivity index (χ0v) is 10.0. The van der Waals surface area contributed by atoms with E-state index in [1.807, 2.05) is 19.1 Å². The molecule has 0 saturated carbocycles. The third-order valence-corrected chi connectivity index (χ3v) is 3.05. The molecule has 0 unspecified atom stereocenters. The molecule has 2 aromatic rings. The molecule has 0 atom stereocenters. The molecule has 0 aliphatic rings. The van der Waals surface area contributed by atoms with Crippen LogP contribution in [0.3, 0.4) is 0 Å². The Hall–Kier alpha value is -1.29. The van der Waals surface area contributed by atoms with E-state index in [0.717, 1.165) is 33.1 Å². The van der Waals surface area contributed by atoms with Crippen LogP contribution in [0.1, 0.15) is 16.1 Å². The molecule has 3 nitrogen and oxygen atoms in total. The van der Waals surface area contributed by atoms with Crippen LogP contribution >= 0.6 is 15.9 Å². The number of carbonyl (C=O) groups excluding carboxylic acids is 1. The first-order chi connectivity index (χ1) is 7.17. The maximum atomic E-state index is 10.9. The van der Waals surface area contributed by atoms with Gasteiger partial charge >= 0.3 is 0 Å². The molecule has 0 aliphatic carbocycles. The lowest BCUT2D eigenvalue weighted by atomic mass is 10.1. The zero-order valence-electron chi connectivity index (χ0n) is 8.43. The van der Waals surface area contributed by atoms with Gasteiger partial charge in [0.15, 0.2) is 6.29 Å². The maximum absolute atomic E-state index is 10.9. The van der Waals surface area contributed by atoms with Crippen molar-refractivity contribution in [2.45, 2.75) is 6.92 Å². The first kappa shape index (κ1) is 10.2. The van der Waals surface area contributed by atoms with E-state index in [4.69, 9.17) is 4.74 Å². The molecule has 0 spiro atoms. The monoisotopic (exact) mass is 267 g/mol. The van der Waals surface area contributed by atoms with Gasteiger partial charge in [0.05, 0.1) is 12.6 Å². The third kappa shape index (κ3) is 1.55. The normalized spacial score (nSPS) is 10.6. The number of fused-ring (bicyclic) bond motifs is 1. The molecule has 78 valence electrons. The van der Waals surface area contributed by atoms with Crippen LogP contribution in [0.15, 0.2) is 16.6 Å². The van der Waals surface area contributed by atoms with Crippen molar-refractivity contribution < 1.29 is 9.53 Å². The lowest BCUT2D eigenvalue weighted by molar-refractivity contribution is 0.112. The number of carbonyl (C=O) groups is 1. The van der Waals surface area contributed by atoms with E-state index in [0.29, 0.717) is 5.56 Å². The summed E-state index contributed by atoms with van der Waals surface area (Å²) >= 11 is 3.44. The first-order valence-electron chi connectivity index (χ1n) is 4.48. The highest BCUT2D eigenvalue weighted by molar-refractivity contribution is 9.10. The third-order valence-electron chi connectivity index (χ3n) is 2.42. The Morgan fingerprint density at radius 1 is 1.47 bits per heavy atom. The number of ether oxygens (including phenoxy) is 1. The largest absolute Gasteiger partial charge is 0.497 e. The molecule has 0 aliphatic heterocycles. The summed E-state index contributed by atoms with van der Waals surface area (Å²) in [6.45, 7) is 1.88. The van der Waals surface area contributed by atoms with Gasteiger partial charge in [-0.15, -0.1) is 0 Å². The van der Waals surface area contributed by atoms with Gasteiger partial charge in [-0.05, 0) is 35.0 Å². The number of rotatable bonds is 2. The molecule has 15 heavy (non-hydrogen) atoms. The van der Waals surface area contributed by atoms with E-state index in [2.05, 4.69) is 20.9 Å². The Balaban J connectivity index is 2.86. The minimum Gasteiger partial charge on any atom is -0.497 e. The van der Waals surface area contributed by atoms with E-state index < -0.39 is 0 Å². The van der Waals surface area contributed by atoms with Gasteiger partial charge in [-0.25, -0.2) is 0 Å². The van der Waals surface area contributed by atoms with Gasteiger partial charge in [-0.2, -0.15) is 0 Å². The predicted octanol–water partition coefficient (Wildman–Crippen LogP) is 3.06. The molecule has 0 amide bonds. The van der Waals surface area contributed by atoms with Crippen LogP contribution in [0.5, 0.6) is 5.75 Å². The second-order valence-corrected chi connectivity index (χ2v) is 4.17. The Kier molecular flexibility index (Phi) is 2.52. The lowest BCUT2D eigenvalue weighted by Gasteiger charge is -2.01. The van der Waals surface area contributed by atoms with Crippen molar-refractivity contribution in [2.75, 3.05) is 7.11 Å². The number of hydrogen-bond donors (Lipinski definition) is 1. The van der Waals surface area contributed by atoms with E-state index in [9.17, 15) is 4.79 Å². The summed E-state index contributed by atoms with van der Waals surface area (Å²) in [6.07, 6.45) is 0.861. The van der Waals surface area contributed by atoms with Crippen LogP contribution in [-0.2, 0) is 0 Å². The average Bonchev–Trinajstić information content (AvgIpc) is 2.54. The highest BCUT2D eigenvalue weighted by atomic mass is 79.9. The Bertz CT molecular complexity index is 531. The fraction of sp³-hybridized carbons (Fsp3) is 0.182. The molecule has 0 bridgehead atoms. The van der Waals surface area contributed by atoms with Gasteiger partial charge in [0.1, 0.15) is 5.75 Å². The topological polar surface area (TPSA) is 42.1 Å². The highest BCUT2D eigenvalue weighted by Gasteiger charge is 2.11. The minimum absolute atomic E-state index is 0.685. The number of aldehydes is 1. The fourth-order valence-corrected chi connectivity index (χ4v) is 2.19. The summed E-state index contributed by atoms with van der Waals surface area (Å²) in [5.74, 6) is 0.733. The summed E-state index contributed by atoms with van der Waals surface area (Å²) < 4.78 is 6.05. The summed E-state index contributed by atoms with van der Waals surface area (Å²) in [6, 6.07) is 3.72. The molecular weight excluding hydrogens is 258 g/mol. The molecule has 4 heteroatoms. The minimum atomic E-state index is 0.685. The van der Waals surface area contributed by atoms with Crippen LogP contribution in [0, 0.1) is 6.92 Å². The van der Waals surface area contributed by atoms with Crippen molar-refractivity contribution in [3.8, 4) is 5.75 Å². The molecule has 2 rings (SSSR count). The number of benzene rings is 1. The van der Waals surface area contributed by atoms with E-state index in [1.54, 1.807) is 7.11 Å². The smallest absolute Gasteiger partial charge is 0.152 e. The van der Waals surface area contributed by atoms with Crippen molar-refractivity contribution in [3.63, 3.8) is 0 Å². The van der Waals surface area contributed by atoms with Crippen molar-refractivity contribution >= 4 is 33.1 Å². The Morgan fingerprint density at radius 2 is 2.20 bits per heavy atom. The molecular formula is C11H10BrNO2. The quantitative estimate of drug-likeness (QED) is 0.850.